The van der Waals surface area contributed by atoms with Crippen molar-refractivity contribution < 1.29 is 0 Å². The van der Waals surface area contributed by atoms with Gasteiger partial charge in [0.05, 0.1) is 0 Å². The van der Waals surface area contributed by atoms with E-state index in [1.54, 1.807) is 0 Å². The largest absolute Gasteiger partial charge is 0.313 e. The van der Waals surface area contributed by atoms with Gasteiger partial charge < -0.3 is 5.32 Å². The van der Waals surface area contributed by atoms with Crippen LogP contribution in [0.2, 0.25) is 0 Å². The molecule has 17 heavy (non-hydrogen) atoms. The number of hydrogen-bond donors (Lipinski definition) is 1. The molecule has 0 radical (unpaired) electrons. The van der Waals surface area contributed by atoms with E-state index in [4.69, 9.17) is 0 Å². The van der Waals surface area contributed by atoms with Crippen LogP contribution in [0.3, 0.4) is 0 Å². The van der Waals surface area contributed by atoms with Gasteiger partial charge in [0.25, 0.3) is 0 Å². The Hall–Kier alpha value is -0.540. The fourth-order valence-corrected chi connectivity index (χ4v) is 2.86. The number of rotatable bonds is 8. The number of hydrogen-bond acceptors (Lipinski definition) is 3. The Labute approximate surface area is 110 Å². The second-order valence-electron chi connectivity index (χ2n) is 4.75. The molecule has 0 amide bonds. The highest BCUT2D eigenvalue weighted by Gasteiger charge is 2.09. The smallest absolute Gasteiger partial charge is 0.0300 e. The van der Waals surface area contributed by atoms with Gasteiger partial charge in [0.1, 0.15) is 0 Å². The Bertz CT molecular complexity index is 288. The van der Waals surface area contributed by atoms with E-state index in [2.05, 4.69) is 37.1 Å². The number of likely N-dealkylation sites (N-methyl/N-ethyl adjacent to an activating group) is 1. The van der Waals surface area contributed by atoms with Crippen molar-refractivity contribution in [2.75, 3.05) is 18.1 Å². The molecule has 2 nitrogen and oxygen atoms in total. The molecule has 0 aliphatic heterocycles. The minimum atomic E-state index is 0.563. The van der Waals surface area contributed by atoms with Gasteiger partial charge in [-0.05, 0) is 36.3 Å². The van der Waals surface area contributed by atoms with E-state index in [1.165, 1.54) is 17.1 Å². The predicted octanol–water partition coefficient (Wildman–Crippen LogP) is 2.99. The Kier molecular flexibility index (Phi) is 7.29. The number of thioether (sulfide) groups is 1. The molecule has 0 aromatic carbocycles. The second kappa shape index (κ2) is 8.54. The molecule has 1 unspecified atom stereocenters. The average molecular weight is 252 g/mol. The zero-order valence-corrected chi connectivity index (χ0v) is 12.0. The van der Waals surface area contributed by atoms with Gasteiger partial charge in [-0.1, -0.05) is 26.8 Å². The number of pyridine rings is 1. The van der Waals surface area contributed by atoms with E-state index in [1.807, 2.05) is 30.2 Å². The highest BCUT2D eigenvalue weighted by molar-refractivity contribution is 7.99. The summed E-state index contributed by atoms with van der Waals surface area (Å²) >= 11 is 2.05. The summed E-state index contributed by atoms with van der Waals surface area (Å²) in [5, 5.41) is 3.56. The van der Waals surface area contributed by atoms with Crippen LogP contribution < -0.4 is 5.32 Å². The Morgan fingerprint density at radius 3 is 2.76 bits per heavy atom. The van der Waals surface area contributed by atoms with E-state index < -0.39 is 0 Å². The topological polar surface area (TPSA) is 24.9 Å². The van der Waals surface area contributed by atoms with Crippen molar-refractivity contribution in [3.8, 4) is 0 Å². The van der Waals surface area contributed by atoms with Crippen molar-refractivity contribution in [1.82, 2.24) is 10.3 Å². The molecule has 1 atom stereocenters. The predicted molar refractivity (Wildman–Crippen MR) is 77.6 cm³/mol. The minimum Gasteiger partial charge on any atom is -0.313 e. The molecule has 0 spiro atoms. The van der Waals surface area contributed by atoms with E-state index >= 15 is 0 Å². The number of aromatic nitrogens is 1. The lowest BCUT2D eigenvalue weighted by Gasteiger charge is -2.18. The fourth-order valence-electron chi connectivity index (χ4n) is 1.73. The average Bonchev–Trinajstić information content (AvgIpc) is 2.30. The van der Waals surface area contributed by atoms with Crippen molar-refractivity contribution in [3.05, 3.63) is 30.1 Å². The van der Waals surface area contributed by atoms with Crippen molar-refractivity contribution in [1.29, 1.82) is 0 Å². The highest BCUT2D eigenvalue weighted by atomic mass is 32.2. The maximum Gasteiger partial charge on any atom is 0.0300 e. The van der Waals surface area contributed by atoms with Crippen LogP contribution in [0.4, 0.5) is 0 Å². The van der Waals surface area contributed by atoms with Crippen LogP contribution in [-0.2, 0) is 6.42 Å². The van der Waals surface area contributed by atoms with Crippen LogP contribution in [0, 0.1) is 5.92 Å². The molecule has 96 valence electrons. The summed E-state index contributed by atoms with van der Waals surface area (Å²) in [6, 6.07) is 4.73. The van der Waals surface area contributed by atoms with Crippen LogP contribution in [0.5, 0.6) is 0 Å². The number of nitrogens with one attached hydrogen (secondary N) is 1. The molecular weight excluding hydrogens is 228 g/mol. The summed E-state index contributed by atoms with van der Waals surface area (Å²) in [5.41, 5.74) is 1.32. The first kappa shape index (κ1) is 14.5. The quantitative estimate of drug-likeness (QED) is 0.770. The zero-order chi connectivity index (χ0) is 12.5. The zero-order valence-electron chi connectivity index (χ0n) is 11.1. The van der Waals surface area contributed by atoms with E-state index in [0.29, 0.717) is 6.04 Å². The Morgan fingerprint density at radius 2 is 2.18 bits per heavy atom. The summed E-state index contributed by atoms with van der Waals surface area (Å²) in [6.45, 7) is 7.75. The van der Waals surface area contributed by atoms with Gasteiger partial charge in [-0.15, -0.1) is 0 Å². The monoisotopic (exact) mass is 252 g/mol. The molecule has 0 fully saturated rings. The Morgan fingerprint density at radius 1 is 1.35 bits per heavy atom. The summed E-state index contributed by atoms with van der Waals surface area (Å²) in [4.78, 5) is 4.17. The van der Waals surface area contributed by atoms with E-state index in [0.717, 1.165) is 18.9 Å². The normalized spacial score (nSPS) is 12.9. The highest BCUT2D eigenvalue weighted by Crippen LogP contribution is 2.11. The summed E-state index contributed by atoms with van der Waals surface area (Å²) < 4.78 is 0. The maximum absolute atomic E-state index is 4.17. The first-order valence-corrected chi connectivity index (χ1v) is 7.57. The third kappa shape index (κ3) is 6.69. The lowest BCUT2D eigenvalue weighted by molar-refractivity contribution is 0.571. The second-order valence-corrected chi connectivity index (χ2v) is 5.83. The fraction of sp³-hybridized carbons (Fsp3) is 0.643. The third-order valence-electron chi connectivity index (χ3n) is 2.47. The maximum atomic E-state index is 4.17. The van der Waals surface area contributed by atoms with Crippen molar-refractivity contribution >= 4 is 11.8 Å². The molecule has 3 heteroatoms. The SMILES string of the molecule is CCNC(CSCC(C)C)Cc1cccnc1. The van der Waals surface area contributed by atoms with Crippen molar-refractivity contribution in [2.24, 2.45) is 5.92 Å². The molecule has 1 N–H and O–H groups in total. The van der Waals surface area contributed by atoms with Crippen LogP contribution in [0.25, 0.3) is 0 Å². The molecule has 0 saturated heterocycles. The van der Waals surface area contributed by atoms with E-state index in [-0.39, 0.29) is 0 Å². The van der Waals surface area contributed by atoms with Gasteiger partial charge in [-0.3, -0.25) is 4.98 Å². The lowest BCUT2D eigenvalue weighted by Crippen LogP contribution is -2.33. The first-order chi connectivity index (χ1) is 8.22. The standard InChI is InChI=1S/C14H24N2S/c1-4-16-14(11-17-10-12(2)3)8-13-6-5-7-15-9-13/h5-7,9,12,14,16H,4,8,10-11H2,1-3H3. The minimum absolute atomic E-state index is 0.563. The van der Waals surface area contributed by atoms with Crippen LogP contribution in [-0.4, -0.2) is 29.1 Å². The van der Waals surface area contributed by atoms with Gasteiger partial charge in [-0.2, -0.15) is 11.8 Å². The molecule has 1 aromatic rings. The molecule has 1 rings (SSSR count). The van der Waals surface area contributed by atoms with Crippen LogP contribution in [0.15, 0.2) is 24.5 Å². The van der Waals surface area contributed by atoms with Gasteiger partial charge in [0.2, 0.25) is 0 Å². The summed E-state index contributed by atoms with van der Waals surface area (Å²) in [5.74, 6) is 3.20. The van der Waals surface area contributed by atoms with Crippen LogP contribution >= 0.6 is 11.8 Å². The summed E-state index contributed by atoms with van der Waals surface area (Å²) in [7, 11) is 0. The number of nitrogens with zero attached hydrogens (tertiary/aromatic N) is 1. The van der Waals surface area contributed by atoms with Crippen molar-refractivity contribution in [3.63, 3.8) is 0 Å². The molecule has 0 aliphatic carbocycles. The van der Waals surface area contributed by atoms with Crippen LogP contribution in [0.1, 0.15) is 26.3 Å². The molecule has 1 aromatic heterocycles. The molecule has 0 saturated carbocycles. The molecule has 0 bridgehead atoms. The van der Waals surface area contributed by atoms with Gasteiger partial charge in [-0.25, -0.2) is 0 Å². The van der Waals surface area contributed by atoms with E-state index in [9.17, 15) is 0 Å². The molecule has 0 aliphatic rings. The summed E-state index contributed by atoms with van der Waals surface area (Å²) in [6.07, 6.45) is 4.88. The Balaban J connectivity index is 2.37. The molecule has 1 heterocycles. The first-order valence-electron chi connectivity index (χ1n) is 6.42. The van der Waals surface area contributed by atoms with Gasteiger partial charge in [0.15, 0.2) is 0 Å². The third-order valence-corrected chi connectivity index (χ3v) is 4.01. The molecular formula is C14H24N2S. The lowest BCUT2D eigenvalue weighted by atomic mass is 10.1. The van der Waals surface area contributed by atoms with Gasteiger partial charge in [0, 0.05) is 24.2 Å². The van der Waals surface area contributed by atoms with Gasteiger partial charge >= 0.3 is 0 Å². The van der Waals surface area contributed by atoms with Crippen molar-refractivity contribution in [2.45, 2.75) is 33.2 Å².